The largest absolute Gasteiger partial charge is 0.480 e. The van der Waals surface area contributed by atoms with Crippen LogP contribution in [-0.2, 0) is 41.4 Å². The van der Waals surface area contributed by atoms with Gasteiger partial charge in [-0.1, -0.05) is 217 Å². The molecule has 19 N–H and O–H groups in total. The Hall–Kier alpha value is -10.1. The normalized spacial score (nSPS) is 13.1. The molecule has 0 spiro atoms. The van der Waals surface area contributed by atoms with Crippen LogP contribution in [0.25, 0.3) is 0 Å². The third-order valence-corrected chi connectivity index (χ3v) is 21.2. The van der Waals surface area contributed by atoms with Crippen molar-refractivity contribution in [3.8, 4) is 0 Å². The summed E-state index contributed by atoms with van der Waals surface area (Å²) >= 11 is 17.5. The molecule has 2 fully saturated rings. The van der Waals surface area contributed by atoms with Crippen LogP contribution in [0.5, 0.6) is 0 Å². The number of nitrogens with two attached hydrogens (primary N) is 4. The molecule has 10 amide bonds. The number of nitrogens with zero attached hydrogens (tertiary/aromatic N) is 1. The number of carbonyl (C=O) groups excluding carboxylic acids is 10. The van der Waals surface area contributed by atoms with Gasteiger partial charge in [-0.3, -0.25) is 52.7 Å². The number of alkyl halides is 3. The third-order valence-electron chi connectivity index (χ3n) is 20.3. The zero-order valence-corrected chi connectivity index (χ0v) is 84.7. The van der Waals surface area contributed by atoms with E-state index in [4.69, 9.17) is 68.0 Å². The number of rotatable bonds is 44. The van der Waals surface area contributed by atoms with Gasteiger partial charge in [-0.15, -0.1) is 0 Å². The topological polar surface area (TPSA) is 444 Å². The van der Waals surface area contributed by atoms with Crippen LogP contribution in [0.1, 0.15) is 306 Å². The third kappa shape index (κ3) is 66.2. The smallest absolute Gasteiger partial charge is 0.416 e. The number of piperidine rings is 1. The summed E-state index contributed by atoms with van der Waals surface area (Å²) < 4.78 is 49.3. The van der Waals surface area contributed by atoms with E-state index in [9.17, 15) is 70.3 Å². The zero-order valence-electron chi connectivity index (χ0n) is 82.4. The number of aliphatic hydroxyl groups is 1. The Labute approximate surface area is 826 Å². The van der Waals surface area contributed by atoms with E-state index < -0.39 is 29.8 Å². The standard InChI is InChI=1S/C14H18ClNO.C13H20N2O.C12H14F3NO.2C11H14ClNO.C11H14FNO.C10H23N3O.C9H18N2O3.C9H16N2O2.C3H8O/c1-2-11-4-3-9-16(10-11)14(17)12-5-7-13(15)8-6-12;1-2-3-9-15-13(16)12(14)10-11-7-5-4-6-8-11;1-2-3-8-16-11(17)9-4-6-10(7-5-9)12(13,14)15;1-2-3-8-13-11(14)9-6-4-5-7-10(9)12;1-2-3-7-13-11(14)9-5-4-6-10(12)8-9;1-2-3-8-13-11(14)9-4-6-10(12)7-5-9;1-2-3-8-13-10(14)9(12)6-4-5-7-11;1-2-3-6-11-8(12)5-4-7(10)9(13)14;1-2-3-6-10-9(13)7-4-5-8(12)11-7;1-2-3-4/h5-8,11H,2-4,9-10H2,1H3;4-8,12H,2-3,9-10,14H2,1H3,(H,15,16);4-7H,2-3,8H2,1H3,(H,16,17);4-7H,2-3,8H2,1H3,(H,13,14);4-6,8H,2-3,7H2,1H3,(H,13,14);4-7H,2-3,8H2,1H3,(H,13,14);9H,2-8,11-12H2,1H3,(H,13,14);7H,2-6,10H2,1H3,(H,11,12)(H,13,14);7H,2-6H2,1H3,(H,10,13)(H,11,12);4H,2-3H2,1H3. The fourth-order valence-corrected chi connectivity index (χ4v) is 12.4. The van der Waals surface area contributed by atoms with Crippen molar-refractivity contribution in [2.75, 3.05) is 78.6 Å². The number of carboxylic acid groups (broad SMARTS) is 1. The Bertz CT molecular complexity index is 4250. The Balaban J connectivity index is 0. The van der Waals surface area contributed by atoms with E-state index in [0.717, 1.165) is 197 Å². The minimum Gasteiger partial charge on any atom is -0.480 e. The predicted molar refractivity (Wildman–Crippen MR) is 544 cm³/mol. The van der Waals surface area contributed by atoms with Crippen LogP contribution in [0.3, 0.4) is 0 Å². The fraction of sp³-hybridized carbons (Fsp3) is 0.544. The summed E-state index contributed by atoms with van der Waals surface area (Å²) in [4.78, 5) is 127. The van der Waals surface area contributed by atoms with Crippen molar-refractivity contribution in [1.29, 1.82) is 0 Å². The second-order valence-electron chi connectivity index (χ2n) is 32.4. The van der Waals surface area contributed by atoms with Crippen LogP contribution in [-0.4, -0.2) is 183 Å². The number of carbonyl (C=O) groups is 11. The highest BCUT2D eigenvalue weighted by Gasteiger charge is 2.31. The quantitative estimate of drug-likeness (QED) is 0.0125. The number of amides is 10. The number of benzene rings is 6. The van der Waals surface area contributed by atoms with Gasteiger partial charge in [0, 0.05) is 117 Å². The molecular formula is C103H159Cl3F4N14O13. The molecule has 2 heterocycles. The minimum atomic E-state index is -4.36. The Morgan fingerprint density at radius 2 is 0.920 bits per heavy atom. The average Bonchev–Trinajstić information content (AvgIpc) is 0.895. The number of carboxylic acids is 1. The first-order valence-electron chi connectivity index (χ1n) is 48.4. The Morgan fingerprint density at radius 3 is 1.36 bits per heavy atom. The molecule has 27 nitrogen and oxygen atoms in total. The van der Waals surface area contributed by atoms with Crippen molar-refractivity contribution >= 4 is 99.8 Å². The van der Waals surface area contributed by atoms with Crippen LogP contribution in [0.2, 0.25) is 15.1 Å². The number of hydrogen-bond acceptors (Lipinski definition) is 16. The highest BCUT2D eigenvalue weighted by molar-refractivity contribution is 6.34. The van der Waals surface area contributed by atoms with Crippen molar-refractivity contribution in [3.05, 3.63) is 211 Å². The van der Waals surface area contributed by atoms with E-state index in [1.165, 1.54) is 42.8 Å². The number of unbranched alkanes of at least 4 members (excludes halogenated alkanes) is 9. The molecule has 5 unspecified atom stereocenters. The SMILES string of the molecule is CCC1CCCN(C(=O)c2ccc(Cl)cc2)C1.CCCCNC(=O)C(N)CCCCN.CCCCNC(=O)C(N)Cc1ccccc1.CCCCNC(=O)C1CCC(=O)N1.CCCCNC(=O)CCC(N)C(=O)O.CCCCNC(=O)c1ccc(C(F)(F)F)cc1.CCCCNC(=O)c1ccc(F)cc1.CCCCNC(=O)c1cccc(Cl)c1.CCCCNC(=O)c1ccccc1Cl.CCCO. The first kappa shape index (κ1) is 129. The van der Waals surface area contributed by atoms with Crippen molar-refractivity contribution in [3.63, 3.8) is 0 Å². The second kappa shape index (κ2) is 82.9. The van der Waals surface area contributed by atoms with Crippen LogP contribution < -0.4 is 70.8 Å². The second-order valence-corrected chi connectivity index (χ2v) is 33.7. The molecule has 137 heavy (non-hydrogen) atoms. The number of aliphatic hydroxyl groups excluding tert-OH is 1. The number of nitrogens with one attached hydrogen (secondary N) is 9. The first-order chi connectivity index (χ1) is 65.6. The summed E-state index contributed by atoms with van der Waals surface area (Å²) in [5.74, 6) is -1.49. The highest BCUT2D eigenvalue weighted by atomic mass is 35.5. The molecule has 0 bridgehead atoms. The van der Waals surface area contributed by atoms with Gasteiger partial charge in [0.2, 0.25) is 29.5 Å². The minimum absolute atomic E-state index is 0.0179. The van der Waals surface area contributed by atoms with E-state index in [-0.39, 0.29) is 95.4 Å². The lowest BCUT2D eigenvalue weighted by Crippen LogP contribution is -2.42. The molecule has 2 aliphatic rings. The zero-order chi connectivity index (χ0) is 103. The maximum atomic E-state index is 12.5. The summed E-state index contributed by atoms with van der Waals surface area (Å²) in [5.41, 5.74) is 25.1. The summed E-state index contributed by atoms with van der Waals surface area (Å²) in [6.07, 6.45) is 20.9. The number of likely N-dealkylation sites (tertiary alicyclic amines) is 1. The van der Waals surface area contributed by atoms with Crippen molar-refractivity contribution < 1.29 is 80.5 Å². The molecule has 6 aromatic carbocycles. The average molecular weight is 1980 g/mol. The molecule has 0 radical (unpaired) electrons. The molecule has 2 saturated heterocycles. The van der Waals surface area contributed by atoms with Gasteiger partial charge < -0.3 is 85.9 Å². The van der Waals surface area contributed by atoms with E-state index >= 15 is 0 Å². The van der Waals surface area contributed by atoms with E-state index in [2.05, 4.69) is 96.3 Å². The van der Waals surface area contributed by atoms with Gasteiger partial charge in [0.05, 0.1) is 28.2 Å². The summed E-state index contributed by atoms with van der Waals surface area (Å²) in [6, 6.07) is 38.7. The molecule has 2 aliphatic heterocycles. The molecule has 6 aromatic rings. The molecule has 0 aliphatic carbocycles. The van der Waals surface area contributed by atoms with Gasteiger partial charge >= 0.3 is 12.1 Å². The van der Waals surface area contributed by atoms with E-state index in [1.807, 2.05) is 62.1 Å². The first-order valence-corrected chi connectivity index (χ1v) is 49.5. The fourth-order valence-electron chi connectivity index (χ4n) is 11.8. The summed E-state index contributed by atoms with van der Waals surface area (Å²) in [6.45, 7) is 28.9. The van der Waals surface area contributed by atoms with Crippen molar-refractivity contribution in [2.45, 2.75) is 279 Å². The van der Waals surface area contributed by atoms with Gasteiger partial charge in [0.1, 0.15) is 17.9 Å². The van der Waals surface area contributed by atoms with Gasteiger partial charge in [-0.05, 0) is 224 Å². The molecule has 5 atom stereocenters. The molecule has 0 saturated carbocycles. The molecule has 768 valence electrons. The lowest BCUT2D eigenvalue weighted by atomic mass is 9.95. The van der Waals surface area contributed by atoms with E-state index in [0.29, 0.717) is 103 Å². The van der Waals surface area contributed by atoms with Crippen LogP contribution in [0.15, 0.2) is 152 Å². The van der Waals surface area contributed by atoms with Crippen LogP contribution >= 0.6 is 34.8 Å². The lowest BCUT2D eigenvalue weighted by Gasteiger charge is -2.32. The maximum absolute atomic E-state index is 12.5. The predicted octanol–water partition coefficient (Wildman–Crippen LogP) is 17.4. The highest BCUT2D eigenvalue weighted by Crippen LogP contribution is 2.29. The summed E-state index contributed by atoms with van der Waals surface area (Å²) in [7, 11) is 0. The van der Waals surface area contributed by atoms with Gasteiger partial charge in [-0.25, -0.2) is 4.39 Å². The molecular weight excluding hydrogens is 1820 g/mol. The molecule has 0 aromatic heterocycles. The van der Waals surface area contributed by atoms with E-state index in [1.54, 1.807) is 66.7 Å². The molecule has 8 rings (SSSR count). The molecule has 34 heteroatoms. The van der Waals surface area contributed by atoms with Crippen molar-refractivity contribution in [1.82, 2.24) is 52.8 Å². The monoisotopic (exact) mass is 1980 g/mol. The van der Waals surface area contributed by atoms with Gasteiger partial charge in [0.25, 0.3) is 29.5 Å². The Morgan fingerprint density at radius 1 is 0.474 bits per heavy atom. The van der Waals surface area contributed by atoms with Crippen molar-refractivity contribution in [2.24, 2.45) is 28.9 Å². The van der Waals surface area contributed by atoms with Crippen LogP contribution in [0, 0.1) is 11.7 Å². The lowest BCUT2D eigenvalue weighted by molar-refractivity contribution is -0.139. The van der Waals surface area contributed by atoms with Gasteiger partial charge in [-0.2, -0.15) is 13.2 Å². The maximum Gasteiger partial charge on any atom is 0.416 e. The number of hydrogen-bond donors (Lipinski definition) is 15. The Kier molecular flexibility index (Phi) is 78.0. The van der Waals surface area contributed by atoms with Gasteiger partial charge in [0.15, 0.2) is 0 Å². The number of aliphatic carboxylic acids is 1. The van der Waals surface area contributed by atoms with Crippen LogP contribution in [0.4, 0.5) is 17.6 Å². The number of halogens is 7. The summed E-state index contributed by atoms with van der Waals surface area (Å²) in [5, 5.41) is 42.9.